The van der Waals surface area contributed by atoms with Crippen molar-refractivity contribution in [1.29, 1.82) is 0 Å². The van der Waals surface area contributed by atoms with Crippen LogP contribution in [0.3, 0.4) is 0 Å². The van der Waals surface area contributed by atoms with Gasteiger partial charge in [-0.05, 0) is 24.6 Å². The summed E-state index contributed by atoms with van der Waals surface area (Å²) in [5.41, 5.74) is 5.50. The number of sulfonamides is 1. The normalized spacial score (nSPS) is 13.9. The molecule has 1 rings (SSSR count). The van der Waals surface area contributed by atoms with Crippen LogP contribution in [-0.4, -0.2) is 26.5 Å². The van der Waals surface area contributed by atoms with E-state index in [2.05, 4.69) is 4.72 Å². The fourth-order valence-electron chi connectivity index (χ4n) is 1.33. The maximum Gasteiger partial charge on any atom is 0.241 e. The summed E-state index contributed by atoms with van der Waals surface area (Å²) in [5, 5.41) is 1.75. The third-order valence-corrected chi connectivity index (χ3v) is 5.53. The lowest BCUT2D eigenvalue weighted by molar-refractivity contribution is 0.570. The van der Waals surface area contributed by atoms with Gasteiger partial charge in [0.05, 0.1) is 4.90 Å². The minimum Gasteiger partial charge on any atom is -0.326 e. The highest BCUT2D eigenvalue weighted by Crippen LogP contribution is 2.21. The maximum absolute atomic E-state index is 12.0. The van der Waals surface area contributed by atoms with E-state index in [1.54, 1.807) is 23.2 Å². The standard InChI is InChI=1S/C9H16N2O2S3/c1-7(6-14-2)11-16(12,13)9-3-4-15-8(9)5-10/h3-4,7,11H,5-6,10H2,1-2H3. The topological polar surface area (TPSA) is 72.2 Å². The van der Waals surface area contributed by atoms with Gasteiger partial charge in [0.25, 0.3) is 0 Å². The van der Waals surface area contributed by atoms with E-state index in [1.165, 1.54) is 11.3 Å². The molecule has 0 saturated carbocycles. The van der Waals surface area contributed by atoms with E-state index >= 15 is 0 Å². The fourth-order valence-corrected chi connectivity index (χ4v) is 4.60. The van der Waals surface area contributed by atoms with Gasteiger partial charge in [-0.25, -0.2) is 13.1 Å². The Morgan fingerprint density at radius 3 is 2.88 bits per heavy atom. The largest absolute Gasteiger partial charge is 0.326 e. The minimum absolute atomic E-state index is 0.0782. The van der Waals surface area contributed by atoms with E-state index in [0.29, 0.717) is 9.77 Å². The van der Waals surface area contributed by atoms with Crippen molar-refractivity contribution in [3.8, 4) is 0 Å². The second kappa shape index (κ2) is 6.02. The Labute approximate surface area is 105 Å². The van der Waals surface area contributed by atoms with Crippen molar-refractivity contribution < 1.29 is 8.42 Å². The molecule has 0 bridgehead atoms. The Morgan fingerprint density at radius 1 is 1.62 bits per heavy atom. The Kier molecular flexibility index (Phi) is 5.26. The van der Waals surface area contributed by atoms with E-state index in [0.717, 1.165) is 5.75 Å². The molecule has 92 valence electrons. The summed E-state index contributed by atoms with van der Waals surface area (Å²) >= 11 is 2.98. The van der Waals surface area contributed by atoms with Crippen molar-refractivity contribution >= 4 is 33.1 Å². The Bertz CT molecular complexity index is 428. The predicted octanol–water partition coefficient (Wildman–Crippen LogP) is 1.24. The summed E-state index contributed by atoms with van der Waals surface area (Å²) < 4.78 is 26.6. The Balaban J connectivity index is 2.86. The number of hydrogen-bond donors (Lipinski definition) is 2. The van der Waals surface area contributed by atoms with Crippen LogP contribution in [-0.2, 0) is 16.6 Å². The van der Waals surface area contributed by atoms with Gasteiger partial charge in [0.15, 0.2) is 0 Å². The summed E-state index contributed by atoms with van der Waals surface area (Å²) in [6.07, 6.45) is 1.95. The first kappa shape index (κ1) is 14.0. The zero-order valence-corrected chi connectivity index (χ0v) is 11.7. The molecule has 1 unspecified atom stereocenters. The summed E-state index contributed by atoms with van der Waals surface area (Å²) in [5.74, 6) is 0.751. The van der Waals surface area contributed by atoms with Crippen molar-refractivity contribution in [3.63, 3.8) is 0 Å². The minimum atomic E-state index is -3.41. The average molecular weight is 280 g/mol. The quantitative estimate of drug-likeness (QED) is 0.822. The number of hydrogen-bond acceptors (Lipinski definition) is 5. The molecule has 4 nitrogen and oxygen atoms in total. The summed E-state index contributed by atoms with van der Waals surface area (Å²) in [6.45, 7) is 2.10. The zero-order valence-electron chi connectivity index (χ0n) is 9.26. The Hall–Kier alpha value is -0.0800. The Morgan fingerprint density at radius 2 is 2.31 bits per heavy atom. The van der Waals surface area contributed by atoms with Crippen LogP contribution in [0.15, 0.2) is 16.3 Å². The highest BCUT2D eigenvalue weighted by Gasteiger charge is 2.20. The van der Waals surface area contributed by atoms with Crippen LogP contribution in [0.25, 0.3) is 0 Å². The van der Waals surface area contributed by atoms with E-state index < -0.39 is 10.0 Å². The summed E-state index contributed by atoms with van der Waals surface area (Å²) in [4.78, 5) is 1.01. The molecule has 7 heteroatoms. The monoisotopic (exact) mass is 280 g/mol. The summed E-state index contributed by atoms with van der Waals surface area (Å²) in [7, 11) is -3.41. The number of nitrogens with two attached hydrogens (primary N) is 1. The second-order valence-corrected chi connectivity index (χ2v) is 6.98. The third kappa shape index (κ3) is 3.46. The molecule has 1 aromatic heterocycles. The van der Waals surface area contributed by atoms with Crippen LogP contribution in [0.4, 0.5) is 0 Å². The van der Waals surface area contributed by atoms with Gasteiger partial charge in [0.1, 0.15) is 0 Å². The highest BCUT2D eigenvalue weighted by molar-refractivity contribution is 7.98. The van der Waals surface area contributed by atoms with Crippen molar-refractivity contribution in [2.45, 2.75) is 24.4 Å². The first-order valence-electron chi connectivity index (χ1n) is 4.79. The molecule has 0 saturated heterocycles. The fraction of sp³-hybridized carbons (Fsp3) is 0.556. The molecule has 1 aromatic rings. The molecule has 0 aliphatic rings. The lowest BCUT2D eigenvalue weighted by Gasteiger charge is -2.12. The SMILES string of the molecule is CSCC(C)NS(=O)(=O)c1ccsc1CN. The van der Waals surface area contributed by atoms with Gasteiger partial charge < -0.3 is 5.73 Å². The van der Waals surface area contributed by atoms with Gasteiger partial charge in [-0.15, -0.1) is 11.3 Å². The lowest BCUT2D eigenvalue weighted by Crippen LogP contribution is -2.34. The molecule has 0 aliphatic carbocycles. The molecular weight excluding hydrogens is 264 g/mol. The van der Waals surface area contributed by atoms with Crippen molar-refractivity contribution in [2.24, 2.45) is 5.73 Å². The van der Waals surface area contributed by atoms with Gasteiger partial charge in [0.2, 0.25) is 10.0 Å². The average Bonchev–Trinajstić information content (AvgIpc) is 2.65. The van der Waals surface area contributed by atoms with E-state index in [9.17, 15) is 8.42 Å². The second-order valence-electron chi connectivity index (χ2n) is 3.39. The molecule has 0 aromatic carbocycles. The van der Waals surface area contributed by atoms with Crippen LogP contribution in [0.1, 0.15) is 11.8 Å². The van der Waals surface area contributed by atoms with Gasteiger partial charge in [0, 0.05) is 23.2 Å². The summed E-state index contributed by atoms with van der Waals surface area (Å²) in [6, 6.07) is 1.52. The van der Waals surface area contributed by atoms with Gasteiger partial charge in [-0.2, -0.15) is 11.8 Å². The van der Waals surface area contributed by atoms with E-state index in [1.807, 2.05) is 13.2 Å². The van der Waals surface area contributed by atoms with Crippen LogP contribution in [0.2, 0.25) is 0 Å². The molecule has 0 fully saturated rings. The molecule has 0 amide bonds. The molecule has 0 aliphatic heterocycles. The number of rotatable bonds is 6. The highest BCUT2D eigenvalue weighted by atomic mass is 32.2. The maximum atomic E-state index is 12.0. The van der Waals surface area contributed by atoms with Crippen LogP contribution >= 0.6 is 23.1 Å². The molecule has 0 spiro atoms. The van der Waals surface area contributed by atoms with Gasteiger partial charge in [-0.1, -0.05) is 0 Å². The van der Waals surface area contributed by atoms with Crippen molar-refractivity contribution in [1.82, 2.24) is 4.72 Å². The van der Waals surface area contributed by atoms with Crippen molar-refractivity contribution in [3.05, 3.63) is 16.3 Å². The zero-order chi connectivity index (χ0) is 12.2. The van der Waals surface area contributed by atoms with Gasteiger partial charge >= 0.3 is 0 Å². The number of nitrogens with one attached hydrogen (secondary N) is 1. The molecule has 16 heavy (non-hydrogen) atoms. The first-order chi connectivity index (χ1) is 7.51. The molecule has 3 N–H and O–H groups in total. The molecular formula is C9H16N2O2S3. The molecule has 1 heterocycles. The van der Waals surface area contributed by atoms with E-state index in [4.69, 9.17) is 5.73 Å². The number of thioether (sulfide) groups is 1. The van der Waals surface area contributed by atoms with Crippen LogP contribution < -0.4 is 10.5 Å². The molecule has 1 atom stereocenters. The van der Waals surface area contributed by atoms with Gasteiger partial charge in [-0.3, -0.25) is 0 Å². The molecule has 0 radical (unpaired) electrons. The van der Waals surface area contributed by atoms with Crippen LogP contribution in [0.5, 0.6) is 0 Å². The van der Waals surface area contributed by atoms with Crippen LogP contribution in [0, 0.1) is 0 Å². The van der Waals surface area contributed by atoms with E-state index in [-0.39, 0.29) is 12.6 Å². The smallest absolute Gasteiger partial charge is 0.241 e. The number of thiophene rings is 1. The van der Waals surface area contributed by atoms with Crippen molar-refractivity contribution in [2.75, 3.05) is 12.0 Å². The predicted molar refractivity (Wildman–Crippen MR) is 70.4 cm³/mol. The lowest BCUT2D eigenvalue weighted by atomic mass is 10.4. The first-order valence-corrected chi connectivity index (χ1v) is 8.54. The third-order valence-electron chi connectivity index (χ3n) is 1.95.